The lowest BCUT2D eigenvalue weighted by Gasteiger charge is -2.17. The number of nitrogens with one attached hydrogen (secondary N) is 2. The summed E-state index contributed by atoms with van der Waals surface area (Å²) in [6.07, 6.45) is 2.13. The molecule has 1 aliphatic rings. The molecule has 8 nitrogen and oxygen atoms in total. The maximum absolute atomic E-state index is 12.8. The number of hydrogen-bond acceptors (Lipinski definition) is 5. The van der Waals surface area contributed by atoms with E-state index < -0.39 is 0 Å². The SMILES string of the molecule is Cc1cc(N2CCC(Nc3ccc(C(=O)Nc4cccc(Cl)c4)cn3)C2=O)n(C)n1. The number of anilines is 3. The van der Waals surface area contributed by atoms with Crippen LogP contribution in [0.1, 0.15) is 22.5 Å². The Morgan fingerprint density at radius 3 is 2.73 bits per heavy atom. The van der Waals surface area contributed by atoms with Crippen LogP contribution in [0.4, 0.5) is 17.3 Å². The normalized spacial score (nSPS) is 16.0. The van der Waals surface area contributed by atoms with Gasteiger partial charge in [0.05, 0.1) is 11.3 Å². The summed E-state index contributed by atoms with van der Waals surface area (Å²) in [6.45, 7) is 2.50. The van der Waals surface area contributed by atoms with Crippen LogP contribution in [0.25, 0.3) is 0 Å². The Balaban J connectivity index is 1.39. The second-order valence-corrected chi connectivity index (χ2v) is 7.58. The molecule has 1 atom stereocenters. The second kappa shape index (κ2) is 8.16. The Morgan fingerprint density at radius 2 is 2.07 bits per heavy atom. The lowest BCUT2D eigenvalue weighted by molar-refractivity contribution is -0.117. The number of carbonyl (C=O) groups excluding carboxylic acids is 2. The fourth-order valence-corrected chi connectivity index (χ4v) is 3.64. The van der Waals surface area contributed by atoms with E-state index in [0.717, 1.165) is 11.5 Å². The smallest absolute Gasteiger partial charge is 0.257 e. The van der Waals surface area contributed by atoms with Crippen molar-refractivity contribution in [2.75, 3.05) is 22.1 Å². The van der Waals surface area contributed by atoms with E-state index in [-0.39, 0.29) is 17.9 Å². The van der Waals surface area contributed by atoms with Crippen molar-refractivity contribution in [2.24, 2.45) is 7.05 Å². The standard InChI is InChI=1S/C21H21ClN6O2/c1-13-10-19(27(2)26-13)28-9-8-17(21(28)30)25-18-7-6-14(12-23-18)20(29)24-16-5-3-4-15(22)11-16/h3-7,10-12,17H,8-9H2,1-2H3,(H,23,25)(H,24,29). The van der Waals surface area contributed by atoms with Gasteiger partial charge in [-0.25, -0.2) is 4.98 Å². The lowest BCUT2D eigenvalue weighted by atomic mass is 10.2. The van der Waals surface area contributed by atoms with Gasteiger partial charge >= 0.3 is 0 Å². The minimum Gasteiger partial charge on any atom is -0.358 e. The van der Waals surface area contributed by atoms with E-state index >= 15 is 0 Å². The third kappa shape index (κ3) is 4.13. The van der Waals surface area contributed by atoms with E-state index in [0.29, 0.717) is 35.1 Å². The van der Waals surface area contributed by atoms with E-state index in [1.807, 2.05) is 20.0 Å². The molecule has 1 aliphatic heterocycles. The number of rotatable bonds is 5. The molecule has 0 radical (unpaired) electrons. The third-order valence-electron chi connectivity index (χ3n) is 4.89. The fourth-order valence-electron chi connectivity index (χ4n) is 3.45. The highest BCUT2D eigenvalue weighted by Crippen LogP contribution is 2.24. The summed E-state index contributed by atoms with van der Waals surface area (Å²) in [6, 6.07) is 11.8. The van der Waals surface area contributed by atoms with E-state index in [4.69, 9.17) is 11.6 Å². The van der Waals surface area contributed by atoms with Gasteiger partial charge in [-0.05, 0) is 43.7 Å². The second-order valence-electron chi connectivity index (χ2n) is 7.14. The van der Waals surface area contributed by atoms with Gasteiger partial charge in [0.25, 0.3) is 11.8 Å². The van der Waals surface area contributed by atoms with Gasteiger partial charge in [0, 0.05) is 36.6 Å². The zero-order valence-electron chi connectivity index (χ0n) is 16.6. The van der Waals surface area contributed by atoms with Crippen molar-refractivity contribution in [1.29, 1.82) is 0 Å². The Kier molecular flexibility index (Phi) is 5.41. The summed E-state index contributed by atoms with van der Waals surface area (Å²) >= 11 is 5.94. The molecule has 4 rings (SSSR count). The first-order valence-corrected chi connectivity index (χ1v) is 9.90. The summed E-state index contributed by atoms with van der Waals surface area (Å²) in [5.74, 6) is 1.01. The minimum absolute atomic E-state index is 0.0254. The zero-order chi connectivity index (χ0) is 21.3. The molecule has 30 heavy (non-hydrogen) atoms. The molecule has 0 bridgehead atoms. The van der Waals surface area contributed by atoms with Crippen LogP contribution in [0, 0.1) is 6.92 Å². The Morgan fingerprint density at radius 1 is 1.23 bits per heavy atom. The number of hydrogen-bond donors (Lipinski definition) is 2. The van der Waals surface area contributed by atoms with Crippen LogP contribution >= 0.6 is 11.6 Å². The van der Waals surface area contributed by atoms with E-state index in [1.165, 1.54) is 6.20 Å². The quantitative estimate of drug-likeness (QED) is 0.656. The molecule has 2 amide bonds. The third-order valence-corrected chi connectivity index (χ3v) is 5.12. The van der Waals surface area contributed by atoms with Gasteiger partial charge in [-0.2, -0.15) is 5.10 Å². The van der Waals surface area contributed by atoms with Gasteiger partial charge in [-0.1, -0.05) is 17.7 Å². The highest BCUT2D eigenvalue weighted by atomic mass is 35.5. The van der Waals surface area contributed by atoms with Crippen molar-refractivity contribution in [1.82, 2.24) is 14.8 Å². The molecule has 0 spiro atoms. The first-order valence-electron chi connectivity index (χ1n) is 9.52. The first-order chi connectivity index (χ1) is 14.4. The van der Waals surface area contributed by atoms with Crippen molar-refractivity contribution in [3.8, 4) is 0 Å². The monoisotopic (exact) mass is 424 g/mol. The maximum Gasteiger partial charge on any atom is 0.257 e. The number of aromatic nitrogens is 3. The average Bonchev–Trinajstić information content (AvgIpc) is 3.23. The van der Waals surface area contributed by atoms with Crippen LogP contribution in [0.15, 0.2) is 48.7 Å². The van der Waals surface area contributed by atoms with Crippen LogP contribution in [0.5, 0.6) is 0 Å². The summed E-state index contributed by atoms with van der Waals surface area (Å²) < 4.78 is 1.71. The number of amides is 2. The molecule has 3 heterocycles. The van der Waals surface area contributed by atoms with Gasteiger partial charge in [0.2, 0.25) is 0 Å². The number of carbonyl (C=O) groups is 2. The summed E-state index contributed by atoms with van der Waals surface area (Å²) in [4.78, 5) is 31.2. The van der Waals surface area contributed by atoms with Gasteiger partial charge in [-0.3, -0.25) is 19.2 Å². The molecule has 1 saturated heterocycles. The summed E-state index contributed by atoms with van der Waals surface area (Å²) in [7, 11) is 1.82. The van der Waals surface area contributed by atoms with E-state index in [1.54, 1.807) is 46.0 Å². The van der Waals surface area contributed by atoms with Crippen LogP contribution < -0.4 is 15.5 Å². The van der Waals surface area contributed by atoms with Gasteiger partial charge in [0.1, 0.15) is 17.7 Å². The van der Waals surface area contributed by atoms with Gasteiger partial charge in [-0.15, -0.1) is 0 Å². The summed E-state index contributed by atoms with van der Waals surface area (Å²) in [5, 5.41) is 10.8. The van der Waals surface area contributed by atoms with Gasteiger partial charge in [0.15, 0.2) is 0 Å². The minimum atomic E-state index is -0.376. The molecule has 2 aromatic heterocycles. The molecule has 9 heteroatoms. The average molecular weight is 425 g/mol. The summed E-state index contributed by atoms with van der Waals surface area (Å²) in [5.41, 5.74) is 1.88. The van der Waals surface area contributed by atoms with Crippen molar-refractivity contribution in [3.05, 3.63) is 64.9 Å². The van der Waals surface area contributed by atoms with Crippen molar-refractivity contribution in [2.45, 2.75) is 19.4 Å². The molecule has 0 aliphatic carbocycles. The Hall–Kier alpha value is -3.39. The van der Waals surface area contributed by atoms with Crippen LogP contribution in [-0.4, -0.2) is 39.2 Å². The van der Waals surface area contributed by atoms with Crippen molar-refractivity contribution < 1.29 is 9.59 Å². The van der Waals surface area contributed by atoms with Crippen LogP contribution in [-0.2, 0) is 11.8 Å². The van der Waals surface area contributed by atoms with E-state index in [9.17, 15) is 9.59 Å². The molecule has 2 N–H and O–H groups in total. The highest BCUT2D eigenvalue weighted by molar-refractivity contribution is 6.31. The zero-order valence-corrected chi connectivity index (χ0v) is 17.3. The highest BCUT2D eigenvalue weighted by Gasteiger charge is 2.34. The predicted molar refractivity (Wildman–Crippen MR) is 116 cm³/mol. The molecular formula is C21H21ClN6O2. The van der Waals surface area contributed by atoms with E-state index in [2.05, 4.69) is 20.7 Å². The van der Waals surface area contributed by atoms with Crippen molar-refractivity contribution in [3.63, 3.8) is 0 Å². The molecule has 3 aromatic rings. The Bertz CT molecular complexity index is 1100. The largest absolute Gasteiger partial charge is 0.358 e. The van der Waals surface area contributed by atoms with Gasteiger partial charge < -0.3 is 10.6 Å². The number of nitrogens with zero attached hydrogens (tertiary/aromatic N) is 4. The number of halogens is 1. The predicted octanol–water partition coefficient (Wildman–Crippen LogP) is 3.25. The Labute approximate surface area is 178 Å². The molecule has 0 saturated carbocycles. The maximum atomic E-state index is 12.8. The molecule has 1 unspecified atom stereocenters. The topological polar surface area (TPSA) is 92.2 Å². The molecule has 1 fully saturated rings. The van der Waals surface area contributed by atoms with Crippen LogP contribution in [0.3, 0.4) is 0 Å². The lowest BCUT2D eigenvalue weighted by Crippen LogP contribution is -2.34. The van der Waals surface area contributed by atoms with Crippen LogP contribution in [0.2, 0.25) is 5.02 Å². The number of aryl methyl sites for hydroxylation is 2. The first kappa shape index (κ1) is 19.9. The molecule has 154 valence electrons. The molecular weight excluding hydrogens is 404 g/mol. The number of pyridine rings is 1. The fraction of sp³-hybridized carbons (Fsp3) is 0.238. The number of benzene rings is 1. The molecule has 1 aromatic carbocycles. The van der Waals surface area contributed by atoms with Crippen molar-refractivity contribution >= 4 is 40.7 Å².